The predicted octanol–water partition coefficient (Wildman–Crippen LogP) is -0.356. The quantitative estimate of drug-likeness (QED) is 0.322. The van der Waals surface area contributed by atoms with Crippen LogP contribution in [0.3, 0.4) is 0 Å². The maximum absolute atomic E-state index is 0. The molecule has 0 heterocycles. The van der Waals surface area contributed by atoms with E-state index >= 15 is 0 Å². The molecule has 0 N–H and O–H groups in total. The topological polar surface area (TPSA) is 85.5 Å². The Balaban J connectivity index is 0. The van der Waals surface area contributed by atoms with Gasteiger partial charge in [0.2, 0.25) is 0 Å². The third kappa shape index (κ3) is 34.8. The minimum absolute atomic E-state index is 0. The Morgan fingerprint density at radius 1 is 0.429 bits per heavy atom. The van der Waals surface area contributed by atoms with E-state index in [4.69, 9.17) is 0 Å². The summed E-state index contributed by atoms with van der Waals surface area (Å²) in [4.78, 5) is 0. The zero-order valence-electron chi connectivity index (χ0n) is 3.22. The summed E-state index contributed by atoms with van der Waals surface area (Å²) in [5.41, 5.74) is 0. The van der Waals surface area contributed by atoms with Crippen LogP contribution in [0, 0.1) is 163 Å². The molecule has 0 spiro atoms. The standard InChI is InChI=1S/2Ce.3O.2Th/q2*+3;3*-2;;. The van der Waals surface area contributed by atoms with Gasteiger partial charge in [0.05, 0.1) is 0 Å². The number of rotatable bonds is 0. The van der Waals surface area contributed by atoms with Crippen LogP contribution in [-0.4, -0.2) is 0 Å². The third-order valence-corrected chi connectivity index (χ3v) is 0. The van der Waals surface area contributed by atoms with E-state index in [2.05, 4.69) is 0 Å². The van der Waals surface area contributed by atoms with Crippen LogP contribution in [-0.2, 0) is 16.4 Å². The van der Waals surface area contributed by atoms with E-state index in [0.29, 0.717) is 0 Å². The molecule has 7 heavy (non-hydrogen) atoms. The van der Waals surface area contributed by atoms with E-state index in [1.54, 1.807) is 0 Å². The van der Waals surface area contributed by atoms with E-state index < -0.39 is 0 Å². The first-order valence-electron chi connectivity index (χ1n) is 0. The van der Waals surface area contributed by atoms with Gasteiger partial charge in [0.25, 0.3) is 0 Å². The van der Waals surface area contributed by atoms with Crippen molar-refractivity contribution in [1.82, 2.24) is 0 Å². The maximum atomic E-state index is 0. The van der Waals surface area contributed by atoms with Crippen molar-refractivity contribution in [2.45, 2.75) is 0 Å². The first kappa shape index (κ1) is 56.0. The van der Waals surface area contributed by atoms with Crippen molar-refractivity contribution in [3.63, 3.8) is 0 Å². The van der Waals surface area contributed by atoms with Gasteiger partial charge in [0.15, 0.2) is 0 Å². The van der Waals surface area contributed by atoms with E-state index in [1.807, 2.05) is 0 Å². The van der Waals surface area contributed by atoms with E-state index in [-0.39, 0.29) is 180 Å². The fourth-order valence-electron chi connectivity index (χ4n) is 0. The molecular formula is Ce2O3Th2. The summed E-state index contributed by atoms with van der Waals surface area (Å²) in [6.45, 7) is 0. The van der Waals surface area contributed by atoms with E-state index in [0.717, 1.165) is 0 Å². The molecule has 0 amide bonds. The Hall–Kier alpha value is 5.28. The van der Waals surface area contributed by atoms with Gasteiger partial charge in [-0.2, -0.15) is 0 Å². The second-order valence-corrected chi connectivity index (χ2v) is 0. The van der Waals surface area contributed by atoms with Gasteiger partial charge < -0.3 is 16.4 Å². The summed E-state index contributed by atoms with van der Waals surface area (Å²) in [5, 5.41) is 0. The van der Waals surface area contributed by atoms with Gasteiger partial charge in [-0.1, -0.05) is 0 Å². The Labute approximate surface area is 174 Å². The second-order valence-electron chi connectivity index (χ2n) is 0. The smallest absolute Gasteiger partial charge is 2.00 e. The molecule has 0 atom stereocenters. The van der Waals surface area contributed by atoms with Crippen molar-refractivity contribution in [1.29, 1.82) is 0 Å². The Morgan fingerprint density at radius 3 is 0.429 bits per heavy atom. The van der Waals surface area contributed by atoms with Crippen LogP contribution in [0.1, 0.15) is 0 Å². The van der Waals surface area contributed by atoms with Gasteiger partial charge in [0, 0.05) is 79.9 Å². The molecule has 0 aromatic heterocycles. The van der Waals surface area contributed by atoms with Crippen molar-refractivity contribution >= 4 is 0 Å². The second kappa shape index (κ2) is 42.7. The van der Waals surface area contributed by atoms with Crippen molar-refractivity contribution in [3.8, 4) is 0 Å². The molecule has 0 aromatic carbocycles. The SMILES string of the molecule is [Ce+3].[Ce+3].[O-2].[O-2].[O-2].[Th].[Th]. The molecular weight excluding hydrogens is 792 g/mol. The Morgan fingerprint density at radius 2 is 0.429 bits per heavy atom. The fraction of sp³-hybridized carbons (Fsp3) is 0. The molecule has 2 radical (unpaired) electrons. The van der Waals surface area contributed by atoms with Gasteiger partial charge in [0.1, 0.15) is 0 Å². The number of hydrogen-bond acceptors (Lipinski definition) is 0. The minimum Gasteiger partial charge on any atom is -2.00 e. The molecule has 0 aromatic rings. The van der Waals surface area contributed by atoms with Crippen LogP contribution in [0.2, 0.25) is 0 Å². The van der Waals surface area contributed by atoms with Crippen molar-refractivity contribution in [3.05, 3.63) is 0 Å². The van der Waals surface area contributed by atoms with Gasteiger partial charge in [-0.3, -0.25) is 0 Å². The fourth-order valence-corrected chi connectivity index (χ4v) is 0. The normalized spacial score (nSPS) is 0. The van der Waals surface area contributed by atoms with Gasteiger partial charge in [-0.05, 0) is 0 Å². The largest absolute Gasteiger partial charge is 3.00 e. The van der Waals surface area contributed by atoms with Crippen LogP contribution in [0.25, 0.3) is 0 Å². The summed E-state index contributed by atoms with van der Waals surface area (Å²) < 4.78 is 0. The molecule has 0 fully saturated rings. The van der Waals surface area contributed by atoms with Crippen LogP contribution >= 0.6 is 0 Å². The molecule has 0 rings (SSSR count). The molecule has 0 bridgehead atoms. The van der Waals surface area contributed by atoms with Gasteiger partial charge in [-0.25, -0.2) is 0 Å². The average Bonchev–Trinajstić information content (AvgIpc) is 0. The van der Waals surface area contributed by atoms with Crippen molar-refractivity contribution in [2.24, 2.45) is 0 Å². The molecule has 34 valence electrons. The molecule has 0 unspecified atom stereocenters. The van der Waals surface area contributed by atoms with Crippen molar-refractivity contribution < 1.29 is 180 Å². The molecule has 0 aliphatic heterocycles. The third-order valence-electron chi connectivity index (χ3n) is 0. The molecule has 7 heteroatoms. The molecule has 0 aliphatic carbocycles. The summed E-state index contributed by atoms with van der Waals surface area (Å²) in [7, 11) is 0. The van der Waals surface area contributed by atoms with Crippen LogP contribution in [0.4, 0.5) is 0 Å². The Bertz CT molecular complexity index is 10.9. The maximum Gasteiger partial charge on any atom is 3.00 e. The monoisotopic (exact) mass is 792 g/mol. The first-order chi connectivity index (χ1) is 0. The first-order valence-corrected chi connectivity index (χ1v) is 0. The van der Waals surface area contributed by atoms with E-state index in [1.165, 1.54) is 0 Å². The summed E-state index contributed by atoms with van der Waals surface area (Å²) in [6, 6.07) is 0. The number of hydrogen-bond donors (Lipinski definition) is 0. The minimum atomic E-state index is 0. The van der Waals surface area contributed by atoms with E-state index in [9.17, 15) is 0 Å². The molecule has 0 aliphatic rings. The molecule has 0 saturated carbocycles. The van der Waals surface area contributed by atoms with Crippen LogP contribution in [0.5, 0.6) is 0 Å². The Kier molecular flexibility index (Phi) is 342. The zero-order chi connectivity index (χ0) is 0. The van der Waals surface area contributed by atoms with Crippen LogP contribution in [0.15, 0.2) is 0 Å². The van der Waals surface area contributed by atoms with Crippen LogP contribution < -0.4 is 0 Å². The van der Waals surface area contributed by atoms with Gasteiger partial charge in [-0.15, -0.1) is 0 Å². The summed E-state index contributed by atoms with van der Waals surface area (Å²) >= 11 is 0. The molecule has 3 nitrogen and oxygen atoms in total. The summed E-state index contributed by atoms with van der Waals surface area (Å²) in [6.07, 6.45) is 0. The molecule has 0 saturated heterocycles. The van der Waals surface area contributed by atoms with Crippen molar-refractivity contribution in [2.75, 3.05) is 0 Å². The zero-order valence-corrected chi connectivity index (χ0v) is 17.7. The van der Waals surface area contributed by atoms with Gasteiger partial charge >= 0.3 is 83.5 Å². The predicted molar refractivity (Wildman–Crippen MR) is 2.06 cm³/mol. The summed E-state index contributed by atoms with van der Waals surface area (Å²) in [5.74, 6) is 0. The average molecular weight is 792 g/mol.